The Hall–Kier alpha value is -1.85. The molecule has 112 valence electrons. The molecule has 0 aliphatic heterocycles. The predicted octanol–water partition coefficient (Wildman–Crippen LogP) is 3.61. The molecule has 0 aliphatic carbocycles. The van der Waals surface area contributed by atoms with Crippen LogP contribution in [0.25, 0.3) is 0 Å². The summed E-state index contributed by atoms with van der Waals surface area (Å²) in [4.78, 5) is 13.6. The van der Waals surface area contributed by atoms with Crippen molar-refractivity contribution in [3.05, 3.63) is 51.7 Å². The van der Waals surface area contributed by atoms with Gasteiger partial charge in [-0.15, -0.1) is 11.3 Å². The molecular formula is C16H21N3OS. The largest absolute Gasteiger partial charge is 0.344 e. The summed E-state index contributed by atoms with van der Waals surface area (Å²) in [6, 6.07) is 9.62. The minimum Gasteiger partial charge on any atom is -0.344 e. The van der Waals surface area contributed by atoms with E-state index in [4.69, 9.17) is 5.84 Å². The zero-order valence-electron chi connectivity index (χ0n) is 12.3. The number of carbonyl (C=O) groups is 1. The van der Waals surface area contributed by atoms with Crippen LogP contribution in [-0.2, 0) is 0 Å². The lowest BCUT2D eigenvalue weighted by Gasteiger charge is -2.17. The van der Waals surface area contributed by atoms with Gasteiger partial charge in [0.1, 0.15) is 0 Å². The van der Waals surface area contributed by atoms with Crippen molar-refractivity contribution in [3.63, 3.8) is 0 Å². The quantitative estimate of drug-likeness (QED) is 0.564. The van der Waals surface area contributed by atoms with Crippen molar-refractivity contribution in [1.82, 2.24) is 5.32 Å². The zero-order chi connectivity index (χ0) is 15.2. The van der Waals surface area contributed by atoms with Gasteiger partial charge in [-0.1, -0.05) is 19.4 Å². The molecule has 1 aromatic carbocycles. The van der Waals surface area contributed by atoms with E-state index >= 15 is 0 Å². The number of hydrogen-bond donors (Lipinski definition) is 3. The SMILES string of the molecule is CCCC(NC(=O)c1ccc(NN)c(C)c1)c1cccs1. The molecule has 2 aromatic rings. The average Bonchev–Trinajstić information content (AvgIpc) is 3.00. The van der Waals surface area contributed by atoms with E-state index in [1.165, 1.54) is 4.88 Å². The third-order valence-electron chi connectivity index (χ3n) is 3.41. The third kappa shape index (κ3) is 3.83. The molecule has 4 N–H and O–H groups in total. The highest BCUT2D eigenvalue weighted by Crippen LogP contribution is 2.24. The highest BCUT2D eigenvalue weighted by atomic mass is 32.1. The lowest BCUT2D eigenvalue weighted by atomic mass is 10.1. The molecule has 2 rings (SSSR count). The summed E-state index contributed by atoms with van der Waals surface area (Å²) >= 11 is 1.68. The van der Waals surface area contributed by atoms with Crippen LogP contribution in [0.15, 0.2) is 35.7 Å². The fraction of sp³-hybridized carbons (Fsp3) is 0.312. The van der Waals surface area contributed by atoms with Gasteiger partial charge in [0, 0.05) is 10.4 Å². The van der Waals surface area contributed by atoms with E-state index in [-0.39, 0.29) is 11.9 Å². The molecule has 0 fully saturated rings. The minimum atomic E-state index is -0.0477. The first-order valence-corrected chi connectivity index (χ1v) is 7.95. The molecule has 1 amide bonds. The molecule has 1 unspecified atom stereocenters. The zero-order valence-corrected chi connectivity index (χ0v) is 13.2. The lowest BCUT2D eigenvalue weighted by Crippen LogP contribution is -2.28. The summed E-state index contributed by atoms with van der Waals surface area (Å²) in [5.74, 6) is 5.36. The van der Waals surface area contributed by atoms with Crippen molar-refractivity contribution < 1.29 is 4.79 Å². The molecule has 0 saturated heterocycles. The molecule has 5 heteroatoms. The van der Waals surface area contributed by atoms with E-state index in [0.29, 0.717) is 5.56 Å². The first kappa shape index (κ1) is 15.5. The molecule has 0 radical (unpaired) electrons. The number of thiophene rings is 1. The number of amides is 1. The van der Waals surface area contributed by atoms with Crippen LogP contribution in [0.4, 0.5) is 5.69 Å². The Labute approximate surface area is 129 Å². The van der Waals surface area contributed by atoms with E-state index < -0.39 is 0 Å². The van der Waals surface area contributed by atoms with Gasteiger partial charge in [0.15, 0.2) is 0 Å². The molecular weight excluding hydrogens is 282 g/mol. The monoisotopic (exact) mass is 303 g/mol. The molecule has 21 heavy (non-hydrogen) atoms. The molecule has 0 bridgehead atoms. The van der Waals surface area contributed by atoms with E-state index in [1.807, 2.05) is 30.5 Å². The topological polar surface area (TPSA) is 67.2 Å². The third-order valence-corrected chi connectivity index (χ3v) is 4.40. The molecule has 0 spiro atoms. The number of nitrogens with one attached hydrogen (secondary N) is 2. The van der Waals surface area contributed by atoms with Gasteiger partial charge in [-0.3, -0.25) is 10.6 Å². The van der Waals surface area contributed by atoms with Gasteiger partial charge >= 0.3 is 0 Å². The van der Waals surface area contributed by atoms with Crippen molar-refractivity contribution in [2.24, 2.45) is 5.84 Å². The second-order valence-electron chi connectivity index (χ2n) is 5.00. The summed E-state index contributed by atoms with van der Waals surface area (Å²) in [5, 5.41) is 5.16. The van der Waals surface area contributed by atoms with E-state index in [2.05, 4.69) is 23.7 Å². The molecule has 1 heterocycles. The van der Waals surface area contributed by atoms with Gasteiger partial charge in [0.2, 0.25) is 0 Å². The Morgan fingerprint density at radius 2 is 2.19 bits per heavy atom. The van der Waals surface area contributed by atoms with Crippen molar-refractivity contribution >= 4 is 22.9 Å². The number of carbonyl (C=O) groups excluding carboxylic acids is 1. The van der Waals surface area contributed by atoms with Gasteiger partial charge < -0.3 is 10.7 Å². The predicted molar refractivity (Wildman–Crippen MR) is 88.4 cm³/mol. The number of nitrogens with two attached hydrogens (primary N) is 1. The number of hydrazine groups is 1. The second-order valence-corrected chi connectivity index (χ2v) is 5.98. The summed E-state index contributed by atoms with van der Waals surface area (Å²) in [7, 11) is 0. The fourth-order valence-corrected chi connectivity index (χ4v) is 3.08. The van der Waals surface area contributed by atoms with Gasteiger partial charge in [-0.2, -0.15) is 0 Å². The van der Waals surface area contributed by atoms with Crippen molar-refractivity contribution in [1.29, 1.82) is 0 Å². The number of anilines is 1. The number of aryl methyl sites for hydroxylation is 1. The van der Waals surface area contributed by atoms with Crippen LogP contribution < -0.4 is 16.6 Å². The first-order valence-electron chi connectivity index (χ1n) is 7.07. The van der Waals surface area contributed by atoms with Crippen LogP contribution in [0.3, 0.4) is 0 Å². The van der Waals surface area contributed by atoms with E-state index in [1.54, 1.807) is 17.4 Å². The Morgan fingerprint density at radius 1 is 1.38 bits per heavy atom. The smallest absolute Gasteiger partial charge is 0.251 e. The van der Waals surface area contributed by atoms with Crippen LogP contribution in [0, 0.1) is 6.92 Å². The van der Waals surface area contributed by atoms with Crippen LogP contribution >= 0.6 is 11.3 Å². The highest BCUT2D eigenvalue weighted by Gasteiger charge is 2.16. The van der Waals surface area contributed by atoms with E-state index in [9.17, 15) is 4.79 Å². The summed E-state index contributed by atoms with van der Waals surface area (Å²) in [6.45, 7) is 4.05. The molecule has 0 saturated carbocycles. The molecule has 1 aromatic heterocycles. The van der Waals surface area contributed by atoms with Gasteiger partial charge in [0.25, 0.3) is 5.91 Å². The lowest BCUT2D eigenvalue weighted by molar-refractivity contribution is 0.0935. The number of benzene rings is 1. The number of nitrogen functional groups attached to an aromatic ring is 1. The number of hydrogen-bond acceptors (Lipinski definition) is 4. The summed E-state index contributed by atoms with van der Waals surface area (Å²) < 4.78 is 0. The van der Waals surface area contributed by atoms with Crippen molar-refractivity contribution in [3.8, 4) is 0 Å². The fourth-order valence-electron chi connectivity index (χ4n) is 2.27. The van der Waals surface area contributed by atoms with Crippen molar-refractivity contribution in [2.75, 3.05) is 5.43 Å². The maximum absolute atomic E-state index is 12.4. The minimum absolute atomic E-state index is 0.0477. The van der Waals surface area contributed by atoms with Gasteiger partial charge in [-0.05, 0) is 48.6 Å². The Bertz CT molecular complexity index is 596. The Morgan fingerprint density at radius 3 is 2.76 bits per heavy atom. The van der Waals surface area contributed by atoms with Crippen LogP contribution in [0.2, 0.25) is 0 Å². The first-order chi connectivity index (χ1) is 10.2. The summed E-state index contributed by atoms with van der Waals surface area (Å²) in [5.41, 5.74) is 5.05. The Kier molecular flexibility index (Phi) is 5.36. The van der Waals surface area contributed by atoms with Gasteiger partial charge in [0.05, 0.1) is 11.7 Å². The van der Waals surface area contributed by atoms with Crippen LogP contribution in [-0.4, -0.2) is 5.91 Å². The highest BCUT2D eigenvalue weighted by molar-refractivity contribution is 7.10. The number of rotatable bonds is 6. The summed E-state index contributed by atoms with van der Waals surface area (Å²) in [6.07, 6.45) is 1.96. The Balaban J connectivity index is 2.13. The van der Waals surface area contributed by atoms with Crippen LogP contribution in [0.1, 0.15) is 46.6 Å². The maximum Gasteiger partial charge on any atom is 0.251 e. The average molecular weight is 303 g/mol. The van der Waals surface area contributed by atoms with Crippen LogP contribution in [0.5, 0.6) is 0 Å². The van der Waals surface area contributed by atoms with Gasteiger partial charge in [-0.25, -0.2) is 0 Å². The molecule has 4 nitrogen and oxygen atoms in total. The normalized spacial score (nSPS) is 12.0. The molecule has 1 atom stereocenters. The second kappa shape index (κ2) is 7.24. The van der Waals surface area contributed by atoms with E-state index in [0.717, 1.165) is 24.1 Å². The maximum atomic E-state index is 12.4. The van der Waals surface area contributed by atoms with Crippen molar-refractivity contribution in [2.45, 2.75) is 32.7 Å². The molecule has 0 aliphatic rings. The standard InChI is InChI=1S/C16H21N3OS/c1-3-5-14(15-6-4-9-21-15)18-16(20)12-7-8-13(19-17)11(2)10-12/h4,6-10,14,19H,3,5,17H2,1-2H3,(H,18,20).